The highest BCUT2D eigenvalue weighted by Gasteiger charge is 2.08. The van der Waals surface area contributed by atoms with E-state index in [9.17, 15) is 14.4 Å². The maximum atomic E-state index is 12.4. The van der Waals surface area contributed by atoms with Crippen LogP contribution in [0.15, 0.2) is 78.9 Å². The van der Waals surface area contributed by atoms with Gasteiger partial charge >= 0.3 is 0 Å². The van der Waals surface area contributed by atoms with Gasteiger partial charge in [0.15, 0.2) is 0 Å². The van der Waals surface area contributed by atoms with Crippen molar-refractivity contribution in [2.75, 3.05) is 22.5 Å². The molecule has 0 aromatic heterocycles. The summed E-state index contributed by atoms with van der Waals surface area (Å²) in [6.45, 7) is 1.90. The molecule has 0 bridgehead atoms. The Morgan fingerprint density at radius 3 is 2.16 bits per heavy atom. The minimum absolute atomic E-state index is 0.0357. The molecular weight excluding hydrogens is 392 g/mol. The van der Waals surface area contributed by atoms with E-state index >= 15 is 0 Å². The zero-order valence-corrected chi connectivity index (χ0v) is 17.1. The lowest BCUT2D eigenvalue weighted by Gasteiger charge is -2.11. The van der Waals surface area contributed by atoms with E-state index in [2.05, 4.69) is 21.3 Å². The summed E-state index contributed by atoms with van der Waals surface area (Å²) >= 11 is 0. The van der Waals surface area contributed by atoms with Gasteiger partial charge in [0.2, 0.25) is 11.8 Å². The van der Waals surface area contributed by atoms with Gasteiger partial charge in [-0.25, -0.2) is 0 Å². The molecule has 0 saturated heterocycles. The van der Waals surface area contributed by atoms with Crippen molar-refractivity contribution >= 4 is 34.8 Å². The average molecular weight is 416 g/mol. The molecule has 3 aromatic rings. The lowest BCUT2D eigenvalue weighted by atomic mass is 10.1. The van der Waals surface area contributed by atoms with Crippen LogP contribution in [-0.4, -0.2) is 24.3 Å². The number of benzene rings is 3. The summed E-state index contributed by atoms with van der Waals surface area (Å²) in [6, 6.07) is 23.5. The normalized spacial score (nSPS) is 10.1. The molecule has 158 valence electrons. The smallest absolute Gasteiger partial charge is 0.251 e. The Morgan fingerprint density at radius 2 is 1.42 bits per heavy atom. The summed E-state index contributed by atoms with van der Waals surface area (Å²) < 4.78 is 0. The molecule has 3 aromatic carbocycles. The van der Waals surface area contributed by atoms with Crippen LogP contribution in [0.4, 0.5) is 17.1 Å². The van der Waals surface area contributed by atoms with Gasteiger partial charge in [-0.05, 0) is 42.0 Å². The van der Waals surface area contributed by atoms with Crippen molar-refractivity contribution in [2.45, 2.75) is 13.5 Å². The zero-order chi connectivity index (χ0) is 22.1. The quantitative estimate of drug-likeness (QED) is 0.451. The number of rotatable bonds is 8. The Balaban J connectivity index is 1.52. The lowest BCUT2D eigenvalue weighted by Crippen LogP contribution is -2.24. The number of carbonyl (C=O) groups excluding carboxylic acids is 3. The van der Waals surface area contributed by atoms with Crippen molar-refractivity contribution in [2.24, 2.45) is 0 Å². The zero-order valence-electron chi connectivity index (χ0n) is 17.1. The average Bonchev–Trinajstić information content (AvgIpc) is 2.77. The molecule has 0 radical (unpaired) electrons. The van der Waals surface area contributed by atoms with Gasteiger partial charge in [0, 0.05) is 36.1 Å². The van der Waals surface area contributed by atoms with E-state index in [1.807, 2.05) is 30.3 Å². The van der Waals surface area contributed by atoms with E-state index in [1.54, 1.807) is 48.5 Å². The van der Waals surface area contributed by atoms with E-state index in [0.29, 0.717) is 29.2 Å². The second-order valence-corrected chi connectivity index (χ2v) is 6.91. The molecule has 7 heteroatoms. The number of carbonyl (C=O) groups is 3. The monoisotopic (exact) mass is 416 g/mol. The van der Waals surface area contributed by atoms with Crippen molar-refractivity contribution in [3.8, 4) is 0 Å². The second kappa shape index (κ2) is 10.6. The van der Waals surface area contributed by atoms with Gasteiger partial charge in [0.05, 0.1) is 6.54 Å². The van der Waals surface area contributed by atoms with E-state index in [-0.39, 0.29) is 24.3 Å². The fraction of sp³-hybridized carbons (Fsp3) is 0.125. The molecule has 0 aliphatic rings. The molecular formula is C24H24N4O3. The molecule has 0 atom stereocenters. The minimum Gasteiger partial charge on any atom is -0.376 e. The van der Waals surface area contributed by atoms with Gasteiger partial charge in [-0.1, -0.05) is 42.5 Å². The predicted octanol–water partition coefficient (Wildman–Crippen LogP) is 3.63. The third-order valence-electron chi connectivity index (χ3n) is 4.34. The molecule has 0 aliphatic carbocycles. The molecule has 0 spiro atoms. The summed E-state index contributed by atoms with van der Waals surface area (Å²) in [5.74, 6) is -0.637. The number of hydrogen-bond acceptors (Lipinski definition) is 4. The largest absolute Gasteiger partial charge is 0.376 e. The topological polar surface area (TPSA) is 99.3 Å². The third-order valence-corrected chi connectivity index (χ3v) is 4.34. The van der Waals surface area contributed by atoms with Crippen LogP contribution in [0.1, 0.15) is 22.8 Å². The molecule has 0 unspecified atom stereocenters. The first kappa shape index (κ1) is 21.6. The van der Waals surface area contributed by atoms with Crippen LogP contribution >= 0.6 is 0 Å². The second-order valence-electron chi connectivity index (χ2n) is 6.91. The van der Waals surface area contributed by atoms with Crippen LogP contribution in [-0.2, 0) is 16.1 Å². The number of anilines is 3. The van der Waals surface area contributed by atoms with Crippen molar-refractivity contribution in [1.82, 2.24) is 5.32 Å². The van der Waals surface area contributed by atoms with Crippen LogP contribution in [0.25, 0.3) is 0 Å². The van der Waals surface area contributed by atoms with Crippen molar-refractivity contribution < 1.29 is 14.4 Å². The first-order chi connectivity index (χ1) is 15.0. The molecule has 3 rings (SSSR count). The first-order valence-corrected chi connectivity index (χ1v) is 9.83. The number of hydrogen-bond donors (Lipinski definition) is 4. The van der Waals surface area contributed by atoms with Crippen LogP contribution in [0.3, 0.4) is 0 Å². The Labute approximate surface area is 180 Å². The molecule has 0 saturated carbocycles. The molecule has 0 aliphatic heterocycles. The van der Waals surface area contributed by atoms with Gasteiger partial charge in [-0.15, -0.1) is 0 Å². The fourth-order valence-corrected chi connectivity index (χ4v) is 2.92. The molecule has 0 heterocycles. The summed E-state index contributed by atoms with van der Waals surface area (Å²) in [5, 5.41) is 11.3. The van der Waals surface area contributed by atoms with Crippen molar-refractivity contribution in [3.05, 3.63) is 90.0 Å². The van der Waals surface area contributed by atoms with Gasteiger partial charge in [-0.2, -0.15) is 0 Å². The molecule has 31 heavy (non-hydrogen) atoms. The van der Waals surface area contributed by atoms with E-state index in [4.69, 9.17) is 0 Å². The molecule has 7 nitrogen and oxygen atoms in total. The van der Waals surface area contributed by atoms with Crippen LogP contribution in [0.2, 0.25) is 0 Å². The van der Waals surface area contributed by atoms with E-state index < -0.39 is 0 Å². The summed E-state index contributed by atoms with van der Waals surface area (Å²) in [4.78, 5) is 35.9. The number of nitrogens with one attached hydrogen (secondary N) is 4. The van der Waals surface area contributed by atoms with E-state index in [0.717, 1.165) is 5.56 Å². The molecule has 4 N–H and O–H groups in total. The van der Waals surface area contributed by atoms with Crippen LogP contribution in [0.5, 0.6) is 0 Å². The molecule has 3 amide bonds. The maximum Gasteiger partial charge on any atom is 0.251 e. The lowest BCUT2D eigenvalue weighted by molar-refractivity contribution is -0.115. The Bertz CT molecular complexity index is 1070. The highest BCUT2D eigenvalue weighted by Crippen LogP contribution is 2.15. The van der Waals surface area contributed by atoms with Gasteiger partial charge < -0.3 is 21.3 Å². The van der Waals surface area contributed by atoms with Crippen LogP contribution in [0, 0.1) is 0 Å². The summed E-state index contributed by atoms with van der Waals surface area (Å²) in [5.41, 5.74) is 3.35. The van der Waals surface area contributed by atoms with Gasteiger partial charge in [0.1, 0.15) is 0 Å². The third kappa shape index (κ3) is 7.01. The Hall–Kier alpha value is -4.13. The van der Waals surface area contributed by atoms with Crippen molar-refractivity contribution in [1.29, 1.82) is 0 Å². The fourth-order valence-electron chi connectivity index (χ4n) is 2.92. The summed E-state index contributed by atoms with van der Waals surface area (Å²) in [6.07, 6.45) is 0. The number of amides is 3. The van der Waals surface area contributed by atoms with Crippen LogP contribution < -0.4 is 21.3 Å². The van der Waals surface area contributed by atoms with E-state index in [1.165, 1.54) is 6.92 Å². The minimum atomic E-state index is -0.258. The molecule has 0 fully saturated rings. The van der Waals surface area contributed by atoms with Crippen molar-refractivity contribution in [3.63, 3.8) is 0 Å². The summed E-state index contributed by atoms with van der Waals surface area (Å²) in [7, 11) is 0. The Kier molecular flexibility index (Phi) is 7.37. The SMILES string of the molecule is CC(=O)Nc1cccc(NCC(=O)Nc2cccc(C(=O)NCc3ccccc3)c2)c1. The Morgan fingerprint density at radius 1 is 0.742 bits per heavy atom. The highest BCUT2D eigenvalue weighted by molar-refractivity contribution is 5.98. The van der Waals surface area contributed by atoms with Gasteiger partial charge in [-0.3, -0.25) is 14.4 Å². The predicted molar refractivity (Wildman–Crippen MR) is 122 cm³/mol. The maximum absolute atomic E-state index is 12.4. The first-order valence-electron chi connectivity index (χ1n) is 9.83. The highest BCUT2D eigenvalue weighted by atomic mass is 16.2. The van der Waals surface area contributed by atoms with Gasteiger partial charge in [0.25, 0.3) is 5.91 Å². The standard InChI is InChI=1S/C24H24N4O3/c1-17(29)27-22-12-6-10-20(14-22)25-16-23(30)28-21-11-5-9-19(13-21)24(31)26-15-18-7-3-2-4-8-18/h2-14,25H,15-16H2,1H3,(H,26,31)(H,27,29)(H,28,30).